The van der Waals surface area contributed by atoms with Crippen molar-refractivity contribution >= 4 is 29.4 Å². The molecule has 0 radical (unpaired) electrons. The molecule has 3 aliphatic rings. The molecule has 2 amide bonds. The van der Waals surface area contributed by atoms with E-state index in [0.717, 1.165) is 63.2 Å². The van der Waals surface area contributed by atoms with Crippen LogP contribution in [0, 0.1) is 5.92 Å². The number of carbonyl (C=O) groups is 2. The number of halogens is 1. The van der Waals surface area contributed by atoms with Crippen molar-refractivity contribution in [2.75, 3.05) is 44.8 Å². The molecule has 2 N–H and O–H groups in total. The second kappa shape index (κ2) is 10.9. The van der Waals surface area contributed by atoms with Crippen LogP contribution in [0.2, 0.25) is 5.02 Å². The molecule has 1 aromatic heterocycles. The van der Waals surface area contributed by atoms with Gasteiger partial charge >= 0.3 is 0 Å². The molecule has 186 valence electrons. The first-order valence-electron chi connectivity index (χ1n) is 12.2. The predicted octanol–water partition coefficient (Wildman–Crippen LogP) is 2.89. The third-order valence-corrected chi connectivity index (χ3v) is 7.10. The van der Waals surface area contributed by atoms with Crippen LogP contribution in [0.3, 0.4) is 0 Å². The molecule has 2 saturated heterocycles. The lowest BCUT2D eigenvalue weighted by Crippen LogP contribution is -2.40. The first-order chi connectivity index (χ1) is 17.1. The molecule has 0 bridgehead atoms. The number of hydrogen-bond acceptors (Lipinski definition) is 7. The fraction of sp³-hybridized carbons (Fsp3) is 0.520. The summed E-state index contributed by atoms with van der Waals surface area (Å²) in [4.78, 5) is 36.1. The highest BCUT2D eigenvalue weighted by atomic mass is 35.5. The molecule has 0 atom stereocenters. The van der Waals surface area contributed by atoms with Crippen LogP contribution < -0.4 is 10.6 Å². The average Bonchev–Trinajstić information content (AvgIpc) is 3.19. The number of hydrogen-bond donors (Lipinski definition) is 2. The molecule has 3 aliphatic heterocycles. The zero-order valence-corrected chi connectivity index (χ0v) is 20.4. The van der Waals surface area contributed by atoms with Crippen LogP contribution in [0.5, 0.6) is 0 Å². The van der Waals surface area contributed by atoms with Gasteiger partial charge in [-0.05, 0) is 43.2 Å². The molecular formula is C25H30ClN5O4. The number of ether oxygens (including phenoxy) is 2. The van der Waals surface area contributed by atoms with Gasteiger partial charge in [-0.15, -0.1) is 0 Å². The molecule has 35 heavy (non-hydrogen) atoms. The van der Waals surface area contributed by atoms with Gasteiger partial charge in [0.25, 0.3) is 5.91 Å². The molecule has 5 rings (SSSR count). The van der Waals surface area contributed by atoms with Crippen molar-refractivity contribution in [2.45, 2.75) is 38.3 Å². The fourth-order valence-corrected chi connectivity index (χ4v) is 4.94. The maximum atomic E-state index is 13.1. The Balaban J connectivity index is 1.24. The van der Waals surface area contributed by atoms with Crippen molar-refractivity contribution in [1.29, 1.82) is 0 Å². The van der Waals surface area contributed by atoms with Crippen LogP contribution in [0.1, 0.15) is 41.6 Å². The van der Waals surface area contributed by atoms with E-state index in [1.165, 1.54) is 0 Å². The zero-order chi connectivity index (χ0) is 24.2. The molecule has 0 unspecified atom stereocenters. The lowest BCUT2D eigenvalue weighted by Gasteiger charge is -2.23. The topological polar surface area (TPSA) is 106 Å². The normalized spacial score (nSPS) is 19.0. The van der Waals surface area contributed by atoms with Crippen LogP contribution in [0.15, 0.2) is 24.4 Å². The van der Waals surface area contributed by atoms with E-state index < -0.39 is 0 Å². The minimum Gasteiger partial charge on any atom is -0.381 e. The Bertz CT molecular complexity index is 1090. The smallest absolute Gasteiger partial charge is 0.254 e. The highest BCUT2D eigenvalue weighted by molar-refractivity contribution is 6.33. The van der Waals surface area contributed by atoms with E-state index in [9.17, 15) is 9.59 Å². The minimum atomic E-state index is -0.159. The Labute approximate surface area is 209 Å². The Kier molecular flexibility index (Phi) is 7.46. The molecule has 0 aliphatic carbocycles. The van der Waals surface area contributed by atoms with E-state index in [1.807, 2.05) is 18.2 Å². The Hall–Kier alpha value is -2.75. The summed E-state index contributed by atoms with van der Waals surface area (Å²) in [6.07, 6.45) is 5.28. The van der Waals surface area contributed by atoms with Gasteiger partial charge in [0.1, 0.15) is 6.54 Å². The summed E-state index contributed by atoms with van der Waals surface area (Å²) in [6.45, 7) is 3.99. The standard InChI is InChI=1S/C25H30ClN5O4/c26-21-13-28-25(29-19-5-9-35-10-6-19)30-23(21)17-1-2-18-14-31(24(33)20(18)11-17)15-22(32)27-12-16-3-7-34-8-4-16/h1-2,11,13,16,19H,3-10,12,14-15H2,(H,27,32)(H,28,29,30). The number of nitrogens with zero attached hydrogens (tertiary/aromatic N) is 3. The zero-order valence-electron chi connectivity index (χ0n) is 19.6. The first-order valence-corrected chi connectivity index (χ1v) is 12.6. The van der Waals surface area contributed by atoms with E-state index in [0.29, 0.717) is 41.2 Å². The van der Waals surface area contributed by atoms with Gasteiger partial charge in [-0.2, -0.15) is 0 Å². The number of fused-ring (bicyclic) bond motifs is 1. The summed E-state index contributed by atoms with van der Waals surface area (Å²) in [5, 5.41) is 6.74. The van der Waals surface area contributed by atoms with Gasteiger partial charge in [-0.25, -0.2) is 9.97 Å². The SMILES string of the molecule is O=C(CN1Cc2ccc(-c3nc(NC4CCOCC4)ncc3Cl)cc2C1=O)NCC1CCOCC1. The Morgan fingerprint density at radius 3 is 2.63 bits per heavy atom. The lowest BCUT2D eigenvalue weighted by molar-refractivity contribution is -0.122. The van der Waals surface area contributed by atoms with Crippen molar-refractivity contribution in [3.63, 3.8) is 0 Å². The number of amides is 2. The largest absolute Gasteiger partial charge is 0.381 e. The molecule has 0 saturated carbocycles. The number of benzene rings is 1. The minimum absolute atomic E-state index is 0.0412. The second-order valence-corrected chi connectivity index (χ2v) is 9.72. The van der Waals surface area contributed by atoms with E-state index in [2.05, 4.69) is 20.6 Å². The van der Waals surface area contributed by atoms with Crippen molar-refractivity contribution in [3.05, 3.63) is 40.5 Å². The number of anilines is 1. The lowest BCUT2D eigenvalue weighted by atomic mass is 10.0. The van der Waals surface area contributed by atoms with Gasteiger partial charge in [0.15, 0.2) is 0 Å². The monoisotopic (exact) mass is 499 g/mol. The van der Waals surface area contributed by atoms with Crippen LogP contribution in [0.25, 0.3) is 11.3 Å². The predicted molar refractivity (Wildman–Crippen MR) is 131 cm³/mol. The number of nitrogens with one attached hydrogen (secondary N) is 2. The van der Waals surface area contributed by atoms with Crippen LogP contribution in [-0.2, 0) is 20.8 Å². The number of rotatable bonds is 7. The average molecular weight is 500 g/mol. The summed E-state index contributed by atoms with van der Waals surface area (Å²) in [7, 11) is 0. The molecular weight excluding hydrogens is 470 g/mol. The van der Waals surface area contributed by atoms with Crippen LogP contribution in [-0.4, -0.2) is 72.2 Å². The van der Waals surface area contributed by atoms with E-state index in [-0.39, 0.29) is 24.4 Å². The number of aromatic nitrogens is 2. The molecule has 0 spiro atoms. The van der Waals surface area contributed by atoms with E-state index >= 15 is 0 Å². The van der Waals surface area contributed by atoms with Gasteiger partial charge in [0, 0.05) is 56.7 Å². The molecule has 2 aromatic rings. The van der Waals surface area contributed by atoms with Crippen molar-refractivity contribution in [1.82, 2.24) is 20.2 Å². The molecule has 9 nitrogen and oxygen atoms in total. The van der Waals surface area contributed by atoms with Gasteiger partial charge in [0.2, 0.25) is 11.9 Å². The van der Waals surface area contributed by atoms with E-state index in [1.54, 1.807) is 11.1 Å². The number of carbonyl (C=O) groups excluding carboxylic acids is 2. The third kappa shape index (κ3) is 5.74. The molecule has 4 heterocycles. The Morgan fingerprint density at radius 2 is 1.86 bits per heavy atom. The highest BCUT2D eigenvalue weighted by Gasteiger charge is 2.30. The van der Waals surface area contributed by atoms with Gasteiger partial charge in [0.05, 0.1) is 16.9 Å². The van der Waals surface area contributed by atoms with Crippen molar-refractivity contribution in [2.24, 2.45) is 5.92 Å². The summed E-state index contributed by atoms with van der Waals surface area (Å²) < 4.78 is 10.8. The van der Waals surface area contributed by atoms with Gasteiger partial charge < -0.3 is 25.0 Å². The quantitative estimate of drug-likeness (QED) is 0.603. The summed E-state index contributed by atoms with van der Waals surface area (Å²) in [5.41, 5.74) is 2.78. The van der Waals surface area contributed by atoms with Crippen LogP contribution in [0.4, 0.5) is 5.95 Å². The van der Waals surface area contributed by atoms with Crippen LogP contribution >= 0.6 is 11.6 Å². The summed E-state index contributed by atoms with van der Waals surface area (Å²) >= 11 is 6.43. The molecule has 1 aromatic carbocycles. The summed E-state index contributed by atoms with van der Waals surface area (Å²) in [5.74, 6) is 0.644. The second-order valence-electron chi connectivity index (χ2n) is 9.31. The molecule has 2 fully saturated rings. The highest BCUT2D eigenvalue weighted by Crippen LogP contribution is 2.31. The van der Waals surface area contributed by atoms with Gasteiger partial charge in [-0.3, -0.25) is 9.59 Å². The Morgan fingerprint density at radius 1 is 1.11 bits per heavy atom. The van der Waals surface area contributed by atoms with Crippen molar-refractivity contribution < 1.29 is 19.1 Å². The van der Waals surface area contributed by atoms with Gasteiger partial charge in [-0.1, -0.05) is 23.7 Å². The fourth-order valence-electron chi connectivity index (χ4n) is 4.74. The van der Waals surface area contributed by atoms with E-state index in [4.69, 9.17) is 21.1 Å². The first kappa shape index (κ1) is 24.0. The third-order valence-electron chi connectivity index (χ3n) is 6.82. The summed E-state index contributed by atoms with van der Waals surface area (Å²) in [6, 6.07) is 5.88. The maximum Gasteiger partial charge on any atom is 0.254 e. The van der Waals surface area contributed by atoms with Crippen molar-refractivity contribution in [3.8, 4) is 11.3 Å². The maximum absolute atomic E-state index is 13.1. The molecule has 10 heteroatoms.